The number of hydrogen-bond donors (Lipinski definition) is 1. The average Bonchev–Trinajstić information content (AvgIpc) is 2.95. The molecule has 0 bridgehead atoms. The summed E-state index contributed by atoms with van der Waals surface area (Å²) in [5.74, 6) is -0.828. The minimum absolute atomic E-state index is 0.00803. The number of aryl methyl sites for hydroxylation is 2. The zero-order chi connectivity index (χ0) is 21.6. The first-order chi connectivity index (χ1) is 13.3. The highest BCUT2D eigenvalue weighted by Gasteiger charge is 2.37. The maximum Gasteiger partial charge on any atom is 0.416 e. The minimum Gasteiger partial charge on any atom is -0.356 e. The van der Waals surface area contributed by atoms with Crippen LogP contribution in [0.3, 0.4) is 0 Å². The zero-order valence-corrected chi connectivity index (χ0v) is 15.1. The van der Waals surface area contributed by atoms with E-state index in [0.717, 1.165) is 11.1 Å². The fourth-order valence-corrected chi connectivity index (χ4v) is 2.76. The van der Waals surface area contributed by atoms with E-state index in [1.54, 1.807) is 12.1 Å². The zero-order valence-electron chi connectivity index (χ0n) is 15.1. The van der Waals surface area contributed by atoms with Crippen molar-refractivity contribution in [3.05, 3.63) is 58.3 Å². The van der Waals surface area contributed by atoms with E-state index in [-0.39, 0.29) is 18.2 Å². The van der Waals surface area contributed by atoms with Gasteiger partial charge in [-0.3, -0.25) is 4.79 Å². The lowest BCUT2D eigenvalue weighted by Gasteiger charge is -2.14. The van der Waals surface area contributed by atoms with Crippen molar-refractivity contribution in [2.45, 2.75) is 32.6 Å². The number of nitrogens with zero attached hydrogens (tertiary/aromatic N) is 1. The molecule has 0 unspecified atom stereocenters. The maximum absolute atomic E-state index is 12.9. The van der Waals surface area contributed by atoms with Crippen LogP contribution < -0.4 is 5.32 Å². The van der Waals surface area contributed by atoms with Gasteiger partial charge in [0.15, 0.2) is 5.58 Å². The average molecular weight is 416 g/mol. The summed E-state index contributed by atoms with van der Waals surface area (Å²) in [5, 5.41) is 6.40. The Morgan fingerprint density at radius 3 is 2.03 bits per heavy atom. The Morgan fingerprint density at radius 1 is 0.931 bits per heavy atom. The van der Waals surface area contributed by atoms with Crippen LogP contribution in [0.15, 0.2) is 34.9 Å². The molecule has 0 spiro atoms. The highest BCUT2D eigenvalue weighted by atomic mass is 19.4. The van der Waals surface area contributed by atoms with E-state index in [0.29, 0.717) is 23.1 Å². The first-order valence-corrected chi connectivity index (χ1v) is 8.29. The van der Waals surface area contributed by atoms with E-state index in [2.05, 4.69) is 10.5 Å². The third-order valence-corrected chi connectivity index (χ3v) is 4.36. The normalized spacial score (nSPS) is 12.4. The van der Waals surface area contributed by atoms with Crippen molar-refractivity contribution in [2.75, 3.05) is 5.32 Å². The van der Waals surface area contributed by atoms with Crippen LogP contribution >= 0.6 is 0 Å². The smallest absolute Gasteiger partial charge is 0.356 e. The molecule has 0 atom stereocenters. The van der Waals surface area contributed by atoms with Crippen LogP contribution in [0.25, 0.3) is 11.0 Å². The predicted octanol–water partition coefficient (Wildman–Crippen LogP) is 5.66. The molecule has 3 rings (SSSR count). The van der Waals surface area contributed by atoms with Gasteiger partial charge in [-0.15, -0.1) is 0 Å². The van der Waals surface area contributed by atoms with E-state index >= 15 is 0 Å². The van der Waals surface area contributed by atoms with Crippen molar-refractivity contribution < 1.29 is 35.7 Å². The van der Waals surface area contributed by atoms with E-state index in [1.165, 1.54) is 0 Å². The Morgan fingerprint density at radius 2 is 1.48 bits per heavy atom. The number of aromatic nitrogens is 1. The van der Waals surface area contributed by atoms with E-state index in [4.69, 9.17) is 4.52 Å². The van der Waals surface area contributed by atoms with Gasteiger partial charge in [-0.2, -0.15) is 26.3 Å². The summed E-state index contributed by atoms with van der Waals surface area (Å²) >= 11 is 0. The van der Waals surface area contributed by atoms with Gasteiger partial charge in [0.25, 0.3) is 0 Å². The van der Waals surface area contributed by atoms with Gasteiger partial charge < -0.3 is 9.84 Å². The molecule has 0 saturated heterocycles. The third-order valence-electron chi connectivity index (χ3n) is 4.36. The molecule has 0 saturated carbocycles. The van der Waals surface area contributed by atoms with Gasteiger partial charge in [-0.05, 0) is 55.3 Å². The van der Waals surface area contributed by atoms with Crippen molar-refractivity contribution in [1.82, 2.24) is 5.16 Å². The molecule has 3 aromatic rings. The van der Waals surface area contributed by atoms with Gasteiger partial charge in [-0.1, -0.05) is 5.16 Å². The van der Waals surface area contributed by atoms with Crippen LogP contribution in [0, 0.1) is 13.8 Å². The first kappa shape index (κ1) is 20.7. The Hall–Kier alpha value is -3.04. The lowest BCUT2D eigenvalue weighted by atomic mass is 10.1. The van der Waals surface area contributed by atoms with Crippen LogP contribution in [0.1, 0.15) is 27.9 Å². The Bertz CT molecular complexity index is 1050. The molecule has 1 aromatic heterocycles. The van der Waals surface area contributed by atoms with Gasteiger partial charge in [0, 0.05) is 11.1 Å². The number of halogens is 6. The number of hydrogen-bond acceptors (Lipinski definition) is 3. The summed E-state index contributed by atoms with van der Waals surface area (Å²) in [5.41, 5.74) is -1.14. The molecule has 0 aliphatic carbocycles. The number of nitrogens with one attached hydrogen (secondary N) is 1. The molecule has 1 N–H and O–H groups in total. The SMILES string of the molecule is Cc1cc2onc(CC(=O)Nc3cc(C(F)(F)F)cc(C(F)(F)F)c3)c2cc1C. The molecule has 0 radical (unpaired) electrons. The maximum atomic E-state index is 12.9. The van der Waals surface area contributed by atoms with Crippen molar-refractivity contribution >= 4 is 22.6 Å². The Kier molecular flexibility index (Phi) is 5.06. The molecule has 0 aliphatic heterocycles. The molecule has 1 amide bonds. The monoisotopic (exact) mass is 416 g/mol. The summed E-state index contributed by atoms with van der Waals surface area (Å²) in [4.78, 5) is 12.2. The molecule has 1 heterocycles. The highest BCUT2D eigenvalue weighted by molar-refractivity contribution is 5.95. The molecule has 4 nitrogen and oxygen atoms in total. The van der Waals surface area contributed by atoms with Gasteiger partial charge in [0.1, 0.15) is 5.69 Å². The van der Waals surface area contributed by atoms with Gasteiger partial charge >= 0.3 is 12.4 Å². The summed E-state index contributed by atoms with van der Waals surface area (Å²) < 4.78 is 82.7. The number of alkyl halides is 6. The van der Waals surface area contributed by atoms with Crippen molar-refractivity contribution in [2.24, 2.45) is 0 Å². The van der Waals surface area contributed by atoms with Crippen LogP contribution in [-0.4, -0.2) is 11.1 Å². The number of amides is 1. The highest BCUT2D eigenvalue weighted by Crippen LogP contribution is 2.37. The molecule has 0 fully saturated rings. The molecule has 29 heavy (non-hydrogen) atoms. The lowest BCUT2D eigenvalue weighted by molar-refractivity contribution is -0.143. The third kappa shape index (κ3) is 4.52. The number of carbonyl (C=O) groups is 1. The first-order valence-electron chi connectivity index (χ1n) is 8.29. The number of carbonyl (C=O) groups excluding carboxylic acids is 1. The number of rotatable bonds is 3. The molecule has 2 aromatic carbocycles. The molecule has 0 aliphatic rings. The van der Waals surface area contributed by atoms with Gasteiger partial charge in [-0.25, -0.2) is 0 Å². The van der Waals surface area contributed by atoms with Crippen LogP contribution in [0.4, 0.5) is 32.0 Å². The van der Waals surface area contributed by atoms with E-state index in [1.807, 2.05) is 13.8 Å². The van der Waals surface area contributed by atoms with Crippen molar-refractivity contribution in [3.8, 4) is 0 Å². The summed E-state index contributed by atoms with van der Waals surface area (Å²) in [6.07, 6.45) is -10.4. The molecule has 154 valence electrons. The Balaban J connectivity index is 1.88. The number of fused-ring (bicyclic) bond motifs is 1. The fraction of sp³-hybridized carbons (Fsp3) is 0.263. The second kappa shape index (κ2) is 7.09. The van der Waals surface area contributed by atoms with Gasteiger partial charge in [0.05, 0.1) is 17.5 Å². The molecular weight excluding hydrogens is 402 g/mol. The summed E-state index contributed by atoms with van der Waals surface area (Å²) in [6, 6.07) is 4.35. The summed E-state index contributed by atoms with van der Waals surface area (Å²) in [6.45, 7) is 3.70. The lowest BCUT2D eigenvalue weighted by Crippen LogP contribution is -2.17. The number of benzene rings is 2. The van der Waals surface area contributed by atoms with Crippen LogP contribution in [0.5, 0.6) is 0 Å². The topological polar surface area (TPSA) is 55.1 Å². The standard InChI is InChI=1S/C19H14F6N2O2/c1-9-3-14-15(27-29-16(14)4-10(9)2)8-17(28)26-13-6-11(18(20,21)22)5-12(7-13)19(23,24)25/h3-7H,8H2,1-2H3,(H,26,28). The van der Waals surface area contributed by atoms with E-state index < -0.39 is 35.1 Å². The van der Waals surface area contributed by atoms with Crippen LogP contribution in [-0.2, 0) is 23.6 Å². The molecular formula is C19H14F6N2O2. The second-order valence-corrected chi connectivity index (χ2v) is 6.58. The number of anilines is 1. The minimum atomic E-state index is -5.00. The quantitative estimate of drug-likeness (QED) is 0.561. The van der Waals surface area contributed by atoms with Crippen molar-refractivity contribution in [3.63, 3.8) is 0 Å². The molecule has 10 heteroatoms. The largest absolute Gasteiger partial charge is 0.416 e. The predicted molar refractivity (Wildman–Crippen MR) is 92.3 cm³/mol. The Labute approximate surface area is 160 Å². The van der Waals surface area contributed by atoms with E-state index in [9.17, 15) is 31.1 Å². The fourth-order valence-electron chi connectivity index (χ4n) is 2.76. The second-order valence-electron chi connectivity index (χ2n) is 6.58. The van der Waals surface area contributed by atoms with Gasteiger partial charge in [0.2, 0.25) is 5.91 Å². The van der Waals surface area contributed by atoms with Crippen LogP contribution in [0.2, 0.25) is 0 Å². The summed E-state index contributed by atoms with van der Waals surface area (Å²) in [7, 11) is 0. The van der Waals surface area contributed by atoms with Crippen molar-refractivity contribution in [1.29, 1.82) is 0 Å².